The van der Waals surface area contributed by atoms with Gasteiger partial charge in [-0.05, 0) is 41.8 Å². The summed E-state index contributed by atoms with van der Waals surface area (Å²) in [5.41, 5.74) is 2.67. The Morgan fingerprint density at radius 3 is 2.70 bits per heavy atom. The molecule has 3 rings (SSSR count). The third kappa shape index (κ3) is 2.40. The molecule has 4 heteroatoms. The maximum absolute atomic E-state index is 10.9. The summed E-state index contributed by atoms with van der Waals surface area (Å²) >= 11 is 6.14. The Morgan fingerprint density at radius 2 is 1.95 bits per heavy atom. The van der Waals surface area contributed by atoms with Crippen LogP contribution in [-0.2, 0) is 6.42 Å². The molecule has 100 valence electrons. The molecule has 3 aromatic rings. The maximum Gasteiger partial charge on any atom is 0.371 e. The van der Waals surface area contributed by atoms with Gasteiger partial charge in [0.05, 0.1) is 0 Å². The summed E-state index contributed by atoms with van der Waals surface area (Å²) in [6.45, 7) is 0. The zero-order valence-corrected chi connectivity index (χ0v) is 11.2. The van der Waals surface area contributed by atoms with Crippen LogP contribution in [0.4, 0.5) is 0 Å². The summed E-state index contributed by atoms with van der Waals surface area (Å²) in [6, 6.07) is 14.8. The molecule has 0 aliphatic heterocycles. The van der Waals surface area contributed by atoms with Crippen LogP contribution in [0, 0.1) is 0 Å². The first kappa shape index (κ1) is 12.8. The van der Waals surface area contributed by atoms with Gasteiger partial charge in [0.15, 0.2) is 0 Å². The van der Waals surface area contributed by atoms with E-state index in [4.69, 9.17) is 21.1 Å². The largest absolute Gasteiger partial charge is 0.475 e. The van der Waals surface area contributed by atoms with Gasteiger partial charge in [-0.25, -0.2) is 4.79 Å². The van der Waals surface area contributed by atoms with Gasteiger partial charge < -0.3 is 9.52 Å². The van der Waals surface area contributed by atoms with Crippen LogP contribution in [0.2, 0.25) is 5.02 Å². The first-order valence-corrected chi connectivity index (χ1v) is 6.50. The number of aromatic carboxylic acids is 1. The average molecular weight is 287 g/mol. The molecule has 0 amide bonds. The van der Waals surface area contributed by atoms with E-state index in [1.54, 1.807) is 6.07 Å². The van der Waals surface area contributed by atoms with Crippen molar-refractivity contribution < 1.29 is 14.3 Å². The second-order valence-electron chi connectivity index (χ2n) is 4.56. The molecule has 3 nitrogen and oxygen atoms in total. The lowest BCUT2D eigenvalue weighted by Crippen LogP contribution is -1.91. The number of halogens is 1. The molecular formula is C16H11ClO3. The number of rotatable bonds is 3. The van der Waals surface area contributed by atoms with E-state index < -0.39 is 5.97 Å². The molecule has 20 heavy (non-hydrogen) atoms. The molecule has 0 atom stereocenters. The van der Waals surface area contributed by atoms with Gasteiger partial charge in [-0.1, -0.05) is 35.9 Å². The molecule has 0 radical (unpaired) electrons. The van der Waals surface area contributed by atoms with Crippen LogP contribution in [0.25, 0.3) is 11.0 Å². The molecule has 0 bridgehead atoms. The average Bonchev–Trinajstić information content (AvgIpc) is 2.85. The fourth-order valence-electron chi connectivity index (χ4n) is 2.17. The predicted octanol–water partition coefficient (Wildman–Crippen LogP) is 4.38. The minimum absolute atomic E-state index is 0.0464. The van der Waals surface area contributed by atoms with Gasteiger partial charge in [0.1, 0.15) is 5.58 Å². The Kier molecular flexibility index (Phi) is 3.20. The van der Waals surface area contributed by atoms with Crippen molar-refractivity contribution >= 4 is 28.5 Å². The van der Waals surface area contributed by atoms with Crippen LogP contribution >= 0.6 is 11.6 Å². The molecule has 0 aliphatic rings. The van der Waals surface area contributed by atoms with Crippen LogP contribution in [0.1, 0.15) is 21.7 Å². The van der Waals surface area contributed by atoms with Crippen LogP contribution in [0.3, 0.4) is 0 Å². The van der Waals surface area contributed by atoms with Crippen molar-refractivity contribution in [1.82, 2.24) is 0 Å². The monoisotopic (exact) mass is 286 g/mol. The van der Waals surface area contributed by atoms with E-state index in [1.165, 1.54) is 6.07 Å². The fourth-order valence-corrected chi connectivity index (χ4v) is 2.37. The number of furan rings is 1. The summed E-state index contributed by atoms with van der Waals surface area (Å²) in [5.74, 6) is -1.11. The Hall–Kier alpha value is -2.26. The minimum atomic E-state index is -1.06. The lowest BCUT2D eigenvalue weighted by atomic mass is 10.0. The van der Waals surface area contributed by atoms with E-state index in [0.29, 0.717) is 12.0 Å². The van der Waals surface area contributed by atoms with E-state index in [0.717, 1.165) is 21.5 Å². The van der Waals surface area contributed by atoms with E-state index in [9.17, 15) is 4.79 Å². The summed E-state index contributed by atoms with van der Waals surface area (Å²) in [6.07, 6.45) is 0.698. The maximum atomic E-state index is 10.9. The van der Waals surface area contributed by atoms with Crippen molar-refractivity contribution in [2.24, 2.45) is 0 Å². The second-order valence-corrected chi connectivity index (χ2v) is 4.96. The molecule has 0 fully saturated rings. The smallest absolute Gasteiger partial charge is 0.371 e. The van der Waals surface area contributed by atoms with Gasteiger partial charge in [0.25, 0.3) is 0 Å². The number of hydrogen-bond donors (Lipinski definition) is 1. The Labute approximate surface area is 120 Å². The zero-order chi connectivity index (χ0) is 14.1. The van der Waals surface area contributed by atoms with Crippen molar-refractivity contribution in [3.8, 4) is 0 Å². The summed E-state index contributed by atoms with van der Waals surface area (Å²) in [4.78, 5) is 10.9. The number of carbonyl (C=O) groups is 1. The number of carboxylic acid groups (broad SMARTS) is 1. The molecule has 0 spiro atoms. The highest BCUT2D eigenvalue weighted by Crippen LogP contribution is 2.24. The van der Waals surface area contributed by atoms with E-state index in [2.05, 4.69) is 0 Å². The van der Waals surface area contributed by atoms with Crippen LogP contribution in [-0.4, -0.2) is 11.1 Å². The molecule has 0 aliphatic carbocycles. The first-order chi connectivity index (χ1) is 9.63. The van der Waals surface area contributed by atoms with Crippen LogP contribution in [0.5, 0.6) is 0 Å². The zero-order valence-electron chi connectivity index (χ0n) is 10.5. The van der Waals surface area contributed by atoms with E-state index in [1.807, 2.05) is 36.4 Å². The topological polar surface area (TPSA) is 50.4 Å². The quantitative estimate of drug-likeness (QED) is 0.777. The molecular weight excluding hydrogens is 276 g/mol. The molecule has 2 aromatic carbocycles. The highest BCUT2D eigenvalue weighted by Gasteiger charge is 2.11. The van der Waals surface area contributed by atoms with Crippen molar-refractivity contribution in [3.05, 3.63) is 70.4 Å². The van der Waals surface area contributed by atoms with Gasteiger partial charge in [-0.3, -0.25) is 0 Å². The molecule has 1 aromatic heterocycles. The Bertz CT molecular complexity index is 789. The second kappa shape index (κ2) is 5.02. The third-order valence-electron chi connectivity index (χ3n) is 3.14. The third-order valence-corrected chi connectivity index (χ3v) is 3.51. The number of carboxylic acids is 1. The van der Waals surface area contributed by atoms with Crippen molar-refractivity contribution in [2.75, 3.05) is 0 Å². The lowest BCUT2D eigenvalue weighted by molar-refractivity contribution is 0.0665. The van der Waals surface area contributed by atoms with Crippen molar-refractivity contribution in [2.45, 2.75) is 6.42 Å². The van der Waals surface area contributed by atoms with Gasteiger partial charge in [-0.2, -0.15) is 0 Å². The van der Waals surface area contributed by atoms with Crippen molar-refractivity contribution in [1.29, 1.82) is 0 Å². The standard InChI is InChI=1S/C16H11ClO3/c17-13-4-2-1-3-11(13)7-10-5-6-14-12(8-10)9-15(20-14)16(18)19/h1-6,8-9H,7H2,(H,18,19). The normalized spacial score (nSPS) is 10.8. The fraction of sp³-hybridized carbons (Fsp3) is 0.0625. The highest BCUT2D eigenvalue weighted by atomic mass is 35.5. The molecule has 0 saturated carbocycles. The van der Waals surface area contributed by atoms with Gasteiger partial charge >= 0.3 is 5.97 Å². The summed E-state index contributed by atoms with van der Waals surface area (Å²) in [5, 5.41) is 10.4. The van der Waals surface area contributed by atoms with Gasteiger partial charge in [0, 0.05) is 10.4 Å². The van der Waals surface area contributed by atoms with Gasteiger partial charge in [-0.15, -0.1) is 0 Å². The minimum Gasteiger partial charge on any atom is -0.475 e. The number of fused-ring (bicyclic) bond motifs is 1. The summed E-state index contributed by atoms with van der Waals surface area (Å²) < 4.78 is 5.23. The number of hydrogen-bond acceptors (Lipinski definition) is 2. The molecule has 0 saturated heterocycles. The Morgan fingerprint density at radius 1 is 1.15 bits per heavy atom. The predicted molar refractivity (Wildman–Crippen MR) is 77.4 cm³/mol. The lowest BCUT2D eigenvalue weighted by Gasteiger charge is -2.04. The van der Waals surface area contributed by atoms with Crippen LogP contribution < -0.4 is 0 Å². The van der Waals surface area contributed by atoms with E-state index in [-0.39, 0.29) is 5.76 Å². The summed E-state index contributed by atoms with van der Waals surface area (Å²) in [7, 11) is 0. The first-order valence-electron chi connectivity index (χ1n) is 6.12. The van der Waals surface area contributed by atoms with Crippen molar-refractivity contribution in [3.63, 3.8) is 0 Å². The highest BCUT2D eigenvalue weighted by molar-refractivity contribution is 6.31. The molecule has 1 N–H and O–H groups in total. The molecule has 1 heterocycles. The SMILES string of the molecule is O=C(O)c1cc2cc(Cc3ccccc3Cl)ccc2o1. The van der Waals surface area contributed by atoms with Gasteiger partial charge in [0.2, 0.25) is 5.76 Å². The van der Waals surface area contributed by atoms with Crippen LogP contribution in [0.15, 0.2) is 52.9 Å². The van der Waals surface area contributed by atoms with E-state index >= 15 is 0 Å². The number of benzene rings is 2. The Balaban J connectivity index is 1.97. The molecule has 0 unspecified atom stereocenters.